The van der Waals surface area contributed by atoms with Gasteiger partial charge in [0.25, 0.3) is 11.8 Å². The molecule has 0 spiro atoms. The third-order valence-corrected chi connectivity index (χ3v) is 7.43. The number of thioether (sulfide) groups is 1. The molecule has 37 heavy (non-hydrogen) atoms. The highest BCUT2D eigenvalue weighted by molar-refractivity contribution is 8.00. The number of nitrogens with one attached hydrogen (secondary N) is 1. The van der Waals surface area contributed by atoms with Crippen LogP contribution in [0.15, 0.2) is 21.8 Å². The summed E-state index contributed by atoms with van der Waals surface area (Å²) in [7, 11) is 1.18. The van der Waals surface area contributed by atoms with Crippen molar-refractivity contribution in [3.05, 3.63) is 22.3 Å². The number of β-lactam (4-membered cyclic amide) rings is 1. The van der Waals surface area contributed by atoms with Crippen LogP contribution in [0.3, 0.4) is 0 Å². The number of anilines is 1. The summed E-state index contributed by atoms with van der Waals surface area (Å²) in [5.74, 6) is -1.79. The van der Waals surface area contributed by atoms with Crippen molar-refractivity contribution in [1.82, 2.24) is 15.2 Å². The van der Waals surface area contributed by atoms with Gasteiger partial charge in [0.1, 0.15) is 17.1 Å². The maximum absolute atomic E-state index is 13.1. The number of esters is 2. The van der Waals surface area contributed by atoms with Crippen molar-refractivity contribution in [2.45, 2.75) is 44.9 Å². The van der Waals surface area contributed by atoms with Gasteiger partial charge in [-0.25, -0.2) is 9.78 Å². The Morgan fingerprint density at radius 3 is 2.70 bits per heavy atom. The number of oxime groups is 1. The summed E-state index contributed by atoms with van der Waals surface area (Å²) >= 11 is 7.90. The van der Waals surface area contributed by atoms with Crippen LogP contribution >= 0.6 is 35.3 Å². The summed E-state index contributed by atoms with van der Waals surface area (Å²) < 4.78 is 15.1. The molecule has 16 heteroatoms. The Kier molecular flexibility index (Phi) is 9.45. The van der Waals surface area contributed by atoms with Gasteiger partial charge in [-0.05, 0) is 24.7 Å². The van der Waals surface area contributed by atoms with Gasteiger partial charge < -0.3 is 30.1 Å². The van der Waals surface area contributed by atoms with Crippen LogP contribution in [0.5, 0.6) is 0 Å². The minimum absolute atomic E-state index is 0.00809. The summed E-state index contributed by atoms with van der Waals surface area (Å²) in [6.07, 6.45) is -0.756. The Labute approximate surface area is 225 Å². The number of amides is 2. The van der Waals surface area contributed by atoms with Gasteiger partial charge >= 0.3 is 11.9 Å². The van der Waals surface area contributed by atoms with E-state index in [4.69, 9.17) is 32.3 Å². The second-order valence-electron chi connectivity index (χ2n) is 7.67. The Balaban J connectivity index is 1.72. The average molecular weight is 572 g/mol. The van der Waals surface area contributed by atoms with E-state index in [-0.39, 0.29) is 28.0 Å². The minimum atomic E-state index is -0.936. The highest BCUT2D eigenvalue weighted by Crippen LogP contribution is 2.41. The standard InChI is InChI=1S/C21H25N5O8S3/c1-5-12(27)33-10(3)34-20(35)16-9(2)7-36-19-15(18(30)26(16)19)24-17(29)14(11-8-37-21(22)23-11)25-32-6-13(28)31-4/h8,10,15,19H,5-7H2,1-4H3,(H2,22,23)(H,24,29)/t10?,15?,19-/m1/s1. The third-order valence-electron chi connectivity index (χ3n) is 5.04. The maximum atomic E-state index is 13.1. The monoisotopic (exact) mass is 571 g/mol. The SMILES string of the molecule is CCC(=O)OC(C)OC(=S)C1=C(C)CS[C@@H]2C(NC(=O)C(=NOCC(=O)OC)c3csc(N)n3)C(=O)N12. The van der Waals surface area contributed by atoms with Crippen LogP contribution in [-0.2, 0) is 38.2 Å². The zero-order valence-electron chi connectivity index (χ0n) is 20.3. The molecule has 1 aromatic heterocycles. The number of rotatable bonds is 10. The van der Waals surface area contributed by atoms with Crippen LogP contribution in [0.4, 0.5) is 5.13 Å². The summed E-state index contributed by atoms with van der Waals surface area (Å²) in [6.45, 7) is 4.46. The average Bonchev–Trinajstić information content (AvgIpc) is 3.29. The van der Waals surface area contributed by atoms with Crippen molar-refractivity contribution < 1.29 is 38.2 Å². The quantitative estimate of drug-likeness (QED) is 0.102. The number of thiazole rings is 1. The van der Waals surface area contributed by atoms with Crippen molar-refractivity contribution in [1.29, 1.82) is 0 Å². The third kappa shape index (κ3) is 6.56. The molecule has 2 aliphatic rings. The number of hydrogen-bond acceptors (Lipinski definition) is 14. The van der Waals surface area contributed by atoms with Crippen molar-refractivity contribution in [3.8, 4) is 0 Å². The molecular weight excluding hydrogens is 546 g/mol. The van der Waals surface area contributed by atoms with Crippen LogP contribution in [-0.4, -0.2) is 81.6 Å². The maximum Gasteiger partial charge on any atom is 0.346 e. The predicted octanol–water partition coefficient (Wildman–Crippen LogP) is 0.936. The number of carbonyl (C=O) groups excluding carboxylic acids is 4. The van der Waals surface area contributed by atoms with Crippen molar-refractivity contribution in [3.63, 3.8) is 0 Å². The summed E-state index contributed by atoms with van der Waals surface area (Å²) in [5, 5.41) is 7.59. The van der Waals surface area contributed by atoms with Gasteiger partial charge in [-0.15, -0.1) is 23.1 Å². The van der Waals surface area contributed by atoms with Crippen LogP contribution in [0.25, 0.3) is 0 Å². The molecule has 2 amide bonds. The second kappa shape index (κ2) is 12.3. The van der Waals surface area contributed by atoms with Crippen molar-refractivity contribution >= 4 is 75.0 Å². The van der Waals surface area contributed by atoms with E-state index in [0.29, 0.717) is 11.4 Å². The Morgan fingerprint density at radius 1 is 1.35 bits per heavy atom. The van der Waals surface area contributed by atoms with E-state index in [0.717, 1.165) is 16.9 Å². The highest BCUT2D eigenvalue weighted by atomic mass is 32.2. The fraction of sp³-hybridized carbons (Fsp3) is 0.476. The minimum Gasteiger partial charge on any atom is -0.466 e. The molecule has 1 aromatic rings. The fourth-order valence-corrected chi connectivity index (χ4v) is 5.53. The first-order valence-corrected chi connectivity index (χ1v) is 13.2. The first-order valence-electron chi connectivity index (χ1n) is 10.9. The van der Waals surface area contributed by atoms with E-state index >= 15 is 0 Å². The lowest BCUT2D eigenvalue weighted by Gasteiger charge is -2.50. The smallest absolute Gasteiger partial charge is 0.346 e. The number of aromatic nitrogens is 1. The number of hydrogen-bond donors (Lipinski definition) is 2. The molecule has 0 bridgehead atoms. The first kappa shape index (κ1) is 28.3. The van der Waals surface area contributed by atoms with Gasteiger partial charge in [0, 0.05) is 24.5 Å². The van der Waals surface area contributed by atoms with E-state index in [1.54, 1.807) is 6.92 Å². The van der Waals surface area contributed by atoms with Gasteiger partial charge in [0.05, 0.1) is 12.8 Å². The fourth-order valence-electron chi connectivity index (χ4n) is 3.28. The largest absolute Gasteiger partial charge is 0.466 e. The molecule has 200 valence electrons. The molecule has 13 nitrogen and oxygen atoms in total. The number of methoxy groups -OCH3 is 1. The molecule has 3 rings (SSSR count). The number of thiocarbonyl (C=S) groups is 1. The Morgan fingerprint density at radius 2 is 2.08 bits per heavy atom. The zero-order chi connectivity index (χ0) is 27.3. The van der Waals surface area contributed by atoms with Gasteiger partial charge in [-0.1, -0.05) is 12.1 Å². The van der Waals surface area contributed by atoms with Gasteiger partial charge in [0.15, 0.2) is 10.8 Å². The normalized spacial score (nSPS) is 19.8. The summed E-state index contributed by atoms with van der Waals surface area (Å²) in [4.78, 5) is 59.4. The van der Waals surface area contributed by atoms with E-state index in [1.165, 1.54) is 36.1 Å². The first-order chi connectivity index (χ1) is 17.6. The molecule has 0 aromatic carbocycles. The van der Waals surface area contributed by atoms with E-state index in [9.17, 15) is 19.2 Å². The molecule has 0 radical (unpaired) electrons. The molecule has 2 aliphatic heterocycles. The Bertz CT molecular complexity index is 1170. The lowest BCUT2D eigenvalue weighted by atomic mass is 10.0. The van der Waals surface area contributed by atoms with Crippen LogP contribution in [0.1, 0.15) is 32.9 Å². The molecular formula is C21H25N5O8S3. The molecule has 0 aliphatic carbocycles. The van der Waals surface area contributed by atoms with Crippen LogP contribution in [0.2, 0.25) is 0 Å². The van der Waals surface area contributed by atoms with Gasteiger partial charge in [-0.3, -0.25) is 19.3 Å². The number of nitrogen functional groups attached to an aromatic ring is 1. The van der Waals surface area contributed by atoms with Crippen LogP contribution < -0.4 is 11.1 Å². The number of ether oxygens (including phenoxy) is 3. The molecule has 1 fully saturated rings. The van der Waals surface area contributed by atoms with E-state index < -0.39 is 48.1 Å². The van der Waals surface area contributed by atoms with Crippen molar-refractivity contribution in [2.24, 2.45) is 5.16 Å². The van der Waals surface area contributed by atoms with Crippen molar-refractivity contribution in [2.75, 3.05) is 25.2 Å². The molecule has 2 unspecified atom stereocenters. The lowest BCUT2D eigenvalue weighted by molar-refractivity contribution is -0.162. The van der Waals surface area contributed by atoms with E-state index in [2.05, 4.69) is 20.2 Å². The molecule has 3 atom stereocenters. The molecule has 3 N–H and O–H groups in total. The summed E-state index contributed by atoms with van der Waals surface area (Å²) in [5.41, 5.74) is 6.73. The molecule has 0 saturated carbocycles. The van der Waals surface area contributed by atoms with Crippen LogP contribution in [0, 0.1) is 0 Å². The number of fused-ring (bicyclic) bond motifs is 1. The zero-order valence-corrected chi connectivity index (χ0v) is 22.8. The van der Waals surface area contributed by atoms with E-state index in [1.807, 2.05) is 6.92 Å². The van der Waals surface area contributed by atoms with Gasteiger partial charge in [0.2, 0.25) is 17.9 Å². The number of nitrogens with two attached hydrogens (primary N) is 1. The summed E-state index contributed by atoms with van der Waals surface area (Å²) in [6, 6.07) is -0.902. The lowest BCUT2D eigenvalue weighted by Crippen LogP contribution is -2.71. The second-order valence-corrected chi connectivity index (χ2v) is 10.0. The topological polar surface area (TPSA) is 172 Å². The predicted molar refractivity (Wildman–Crippen MR) is 138 cm³/mol. The highest BCUT2D eigenvalue weighted by Gasteiger charge is 2.53. The Hall–Kier alpha value is -3.24. The number of nitrogens with zero attached hydrogens (tertiary/aromatic N) is 3. The number of carbonyl (C=O) groups is 4. The molecule has 3 heterocycles. The molecule has 1 saturated heterocycles. The van der Waals surface area contributed by atoms with Gasteiger partial charge in [-0.2, -0.15) is 0 Å².